The maximum Gasteiger partial charge on any atom is 0.253 e. The summed E-state index contributed by atoms with van der Waals surface area (Å²) in [5.74, 6) is 1.27. The van der Waals surface area contributed by atoms with Crippen LogP contribution in [0.15, 0.2) is 30.3 Å². The van der Waals surface area contributed by atoms with Gasteiger partial charge >= 0.3 is 0 Å². The van der Waals surface area contributed by atoms with Gasteiger partial charge in [0.2, 0.25) is 0 Å². The second-order valence-electron chi connectivity index (χ2n) is 10.1. The van der Waals surface area contributed by atoms with Crippen LogP contribution in [0.4, 0.5) is 0 Å². The van der Waals surface area contributed by atoms with Crippen molar-refractivity contribution in [1.82, 2.24) is 10.2 Å². The van der Waals surface area contributed by atoms with Crippen LogP contribution < -0.4 is 5.32 Å². The molecule has 0 spiro atoms. The summed E-state index contributed by atoms with van der Waals surface area (Å²) in [4.78, 5) is 15.5. The first-order chi connectivity index (χ1) is 13.2. The van der Waals surface area contributed by atoms with Gasteiger partial charge in [0.25, 0.3) is 5.91 Å². The molecule has 0 aromatic heterocycles. The van der Waals surface area contributed by atoms with E-state index in [2.05, 4.69) is 22.3 Å². The van der Waals surface area contributed by atoms with Crippen molar-refractivity contribution in [1.29, 1.82) is 0 Å². The number of carbonyl (C=O) groups is 1. The molecule has 1 aromatic rings. The summed E-state index contributed by atoms with van der Waals surface area (Å²) in [6.07, 6.45) is 7.19. The molecule has 4 nitrogen and oxygen atoms in total. The summed E-state index contributed by atoms with van der Waals surface area (Å²) in [6.45, 7) is 9.55. The van der Waals surface area contributed by atoms with E-state index in [0.29, 0.717) is 12.3 Å². The molecule has 1 aromatic carbocycles. The summed E-state index contributed by atoms with van der Waals surface area (Å²) in [6, 6.07) is 10.0. The molecule has 2 N–H and O–H groups in total. The Bertz CT molecular complexity index is 650. The number of fused-ring (bicyclic) bond motifs is 1. The van der Waals surface area contributed by atoms with Gasteiger partial charge in [-0.15, -0.1) is 0 Å². The average molecular weight is 387 g/mol. The van der Waals surface area contributed by atoms with Crippen LogP contribution >= 0.6 is 0 Å². The van der Waals surface area contributed by atoms with Gasteiger partial charge in [-0.25, -0.2) is 0 Å². The molecule has 1 amide bonds. The first kappa shape index (κ1) is 21.3. The van der Waals surface area contributed by atoms with Crippen LogP contribution in [0.3, 0.4) is 0 Å². The second-order valence-corrected chi connectivity index (χ2v) is 10.1. The number of aliphatic hydroxyl groups is 1. The molecule has 4 atom stereocenters. The molecule has 1 saturated heterocycles. The van der Waals surface area contributed by atoms with Crippen LogP contribution in [0.1, 0.15) is 65.4 Å². The van der Waals surface area contributed by atoms with Crippen LogP contribution in [0.2, 0.25) is 0 Å². The van der Waals surface area contributed by atoms with Crippen molar-refractivity contribution in [2.75, 3.05) is 13.1 Å². The predicted molar refractivity (Wildman–Crippen MR) is 114 cm³/mol. The van der Waals surface area contributed by atoms with E-state index in [4.69, 9.17) is 0 Å². The summed E-state index contributed by atoms with van der Waals surface area (Å²) in [5, 5.41) is 14.5. The lowest BCUT2D eigenvalue weighted by Crippen LogP contribution is -2.64. The van der Waals surface area contributed by atoms with Gasteiger partial charge < -0.3 is 10.4 Å². The van der Waals surface area contributed by atoms with Gasteiger partial charge in [0.05, 0.1) is 6.04 Å². The molecular weight excluding hydrogens is 348 g/mol. The van der Waals surface area contributed by atoms with Crippen LogP contribution in [0.25, 0.3) is 0 Å². The number of carbonyl (C=O) groups excluding carboxylic acids is 1. The van der Waals surface area contributed by atoms with Gasteiger partial charge in [-0.3, -0.25) is 9.69 Å². The number of hydrogen-bond donors (Lipinski definition) is 2. The van der Waals surface area contributed by atoms with Crippen molar-refractivity contribution < 1.29 is 9.90 Å². The van der Waals surface area contributed by atoms with Crippen LogP contribution in [0, 0.1) is 11.8 Å². The molecule has 0 bridgehead atoms. The summed E-state index contributed by atoms with van der Waals surface area (Å²) < 4.78 is 0. The van der Waals surface area contributed by atoms with Crippen molar-refractivity contribution in [3.8, 4) is 0 Å². The number of benzene rings is 1. The molecule has 1 heterocycles. The minimum atomic E-state index is -1.44. The predicted octanol–water partition coefficient (Wildman–Crippen LogP) is 3.78. The Balaban J connectivity index is 1.83. The highest BCUT2D eigenvalue weighted by molar-refractivity contribution is 5.86. The SMILES string of the molecule is CC(C)(C)NC(=O)C(C)(O)C(Cc1ccccc1)N1CCC2CCCCC2C1. The molecule has 156 valence electrons. The Labute approximate surface area is 170 Å². The Hall–Kier alpha value is -1.39. The van der Waals surface area contributed by atoms with E-state index in [0.717, 1.165) is 19.0 Å². The van der Waals surface area contributed by atoms with Crippen molar-refractivity contribution in [2.45, 2.75) is 83.4 Å². The lowest BCUT2D eigenvalue weighted by atomic mass is 9.74. The first-order valence-electron chi connectivity index (χ1n) is 11.0. The van der Waals surface area contributed by atoms with Crippen LogP contribution in [-0.4, -0.2) is 46.2 Å². The summed E-state index contributed by atoms with van der Waals surface area (Å²) in [5.41, 5.74) is -0.638. The average Bonchev–Trinajstić information content (AvgIpc) is 2.65. The Morgan fingerprint density at radius 1 is 1.11 bits per heavy atom. The zero-order valence-corrected chi connectivity index (χ0v) is 18.1. The fourth-order valence-electron chi connectivity index (χ4n) is 5.05. The molecule has 1 aliphatic carbocycles. The van der Waals surface area contributed by atoms with Crippen molar-refractivity contribution in [3.63, 3.8) is 0 Å². The van der Waals surface area contributed by atoms with E-state index in [1.165, 1.54) is 37.7 Å². The first-order valence-corrected chi connectivity index (χ1v) is 11.0. The Kier molecular flexibility index (Phi) is 6.51. The highest BCUT2D eigenvalue weighted by Crippen LogP contribution is 2.38. The van der Waals surface area contributed by atoms with E-state index in [9.17, 15) is 9.90 Å². The van der Waals surface area contributed by atoms with Gasteiger partial charge in [-0.1, -0.05) is 49.6 Å². The maximum absolute atomic E-state index is 13.0. The van der Waals surface area contributed by atoms with E-state index in [1.807, 2.05) is 39.0 Å². The van der Waals surface area contributed by atoms with Crippen LogP contribution in [0.5, 0.6) is 0 Å². The van der Waals surface area contributed by atoms with Gasteiger partial charge in [-0.2, -0.15) is 0 Å². The molecule has 4 heteroatoms. The molecule has 4 unspecified atom stereocenters. The van der Waals surface area contributed by atoms with Gasteiger partial charge in [0.15, 0.2) is 5.60 Å². The maximum atomic E-state index is 13.0. The normalized spacial score (nSPS) is 26.8. The molecular formula is C24H38N2O2. The number of hydrogen-bond acceptors (Lipinski definition) is 3. The topological polar surface area (TPSA) is 52.6 Å². The lowest BCUT2D eigenvalue weighted by molar-refractivity contribution is -0.149. The van der Waals surface area contributed by atoms with E-state index < -0.39 is 5.60 Å². The number of nitrogens with one attached hydrogen (secondary N) is 1. The van der Waals surface area contributed by atoms with Crippen molar-refractivity contribution in [2.24, 2.45) is 11.8 Å². The number of nitrogens with zero attached hydrogens (tertiary/aromatic N) is 1. The third-order valence-corrected chi connectivity index (χ3v) is 6.63. The zero-order valence-electron chi connectivity index (χ0n) is 18.1. The minimum Gasteiger partial charge on any atom is -0.379 e. The van der Waals surface area contributed by atoms with Crippen LogP contribution in [-0.2, 0) is 11.2 Å². The third-order valence-electron chi connectivity index (χ3n) is 6.63. The van der Waals surface area contributed by atoms with E-state index in [-0.39, 0.29) is 17.5 Å². The van der Waals surface area contributed by atoms with E-state index >= 15 is 0 Å². The van der Waals surface area contributed by atoms with Gasteiger partial charge in [0, 0.05) is 12.1 Å². The molecule has 1 aliphatic heterocycles. The number of likely N-dealkylation sites (tertiary alicyclic amines) is 1. The quantitative estimate of drug-likeness (QED) is 0.810. The minimum absolute atomic E-state index is 0.222. The smallest absolute Gasteiger partial charge is 0.253 e. The highest BCUT2D eigenvalue weighted by atomic mass is 16.3. The van der Waals surface area contributed by atoms with Crippen molar-refractivity contribution >= 4 is 5.91 Å². The molecule has 28 heavy (non-hydrogen) atoms. The largest absolute Gasteiger partial charge is 0.379 e. The van der Waals surface area contributed by atoms with E-state index in [1.54, 1.807) is 6.92 Å². The van der Waals surface area contributed by atoms with Gasteiger partial charge in [0.1, 0.15) is 0 Å². The standard InChI is InChI=1S/C24H38N2O2/c1-23(2,3)25-22(27)24(4,28)21(16-18-10-6-5-7-11-18)26-15-14-19-12-8-9-13-20(19)17-26/h5-7,10-11,19-21,28H,8-9,12-17H2,1-4H3,(H,25,27). The van der Waals surface area contributed by atoms with Gasteiger partial charge in [-0.05, 0) is 70.9 Å². The Morgan fingerprint density at radius 3 is 2.39 bits per heavy atom. The number of piperidine rings is 1. The second kappa shape index (κ2) is 8.54. The zero-order chi connectivity index (χ0) is 20.4. The fourth-order valence-corrected chi connectivity index (χ4v) is 5.05. The molecule has 3 rings (SSSR count). The van der Waals surface area contributed by atoms with Crippen molar-refractivity contribution in [3.05, 3.63) is 35.9 Å². The monoisotopic (exact) mass is 386 g/mol. The fraction of sp³-hybridized carbons (Fsp3) is 0.708. The number of amides is 1. The molecule has 2 fully saturated rings. The third kappa shape index (κ3) is 5.15. The lowest BCUT2D eigenvalue weighted by Gasteiger charge is -2.48. The highest BCUT2D eigenvalue weighted by Gasteiger charge is 2.45. The molecule has 0 radical (unpaired) electrons. The summed E-state index contributed by atoms with van der Waals surface area (Å²) >= 11 is 0. The molecule has 1 saturated carbocycles. The molecule has 2 aliphatic rings. The number of rotatable bonds is 5. The summed E-state index contributed by atoms with van der Waals surface area (Å²) in [7, 11) is 0. The Morgan fingerprint density at radius 2 is 1.75 bits per heavy atom.